The molecule has 0 aliphatic rings. The minimum Gasteiger partial charge on any atom is -0.508 e. The lowest BCUT2D eigenvalue weighted by atomic mass is 9.82. The standard InChI is InChI=1S/C36H53NO12/c1-3-5-6-9-12-16-27(38)17-13-10-7-8-11-14-18-29(36(47,35(45)46)24-31(40)41)33(43)37-30(23-26-19-21-28(39)22-20-26)34(44)49-25-48-32(42)15-4-2/h14,18-22,29-30,39,47H,3-13,15-17,23-25H2,1-2H3,(H,37,43)(H,40,41)(H,45,46)/b18-14+/t29-,30+,36+/m1/s1. The molecule has 0 heterocycles. The zero-order valence-electron chi connectivity index (χ0n) is 28.7. The van der Waals surface area contributed by atoms with Gasteiger partial charge in [-0.3, -0.25) is 19.2 Å². The van der Waals surface area contributed by atoms with Crippen LogP contribution in [0.5, 0.6) is 5.75 Å². The molecule has 1 rings (SSSR count). The van der Waals surface area contributed by atoms with Gasteiger partial charge in [0.2, 0.25) is 12.7 Å². The summed E-state index contributed by atoms with van der Waals surface area (Å²) in [6.45, 7) is 3.16. The van der Waals surface area contributed by atoms with Crippen LogP contribution in [0, 0.1) is 5.92 Å². The average Bonchev–Trinajstić information content (AvgIpc) is 3.04. The number of allylic oxidation sites excluding steroid dienone is 1. The van der Waals surface area contributed by atoms with Crippen molar-refractivity contribution >= 4 is 35.6 Å². The average molecular weight is 692 g/mol. The summed E-state index contributed by atoms with van der Waals surface area (Å²) >= 11 is 0. The van der Waals surface area contributed by atoms with Crippen LogP contribution in [0.15, 0.2) is 36.4 Å². The van der Waals surface area contributed by atoms with Crippen LogP contribution in [0.1, 0.15) is 116 Å². The number of phenols is 1. The van der Waals surface area contributed by atoms with Crippen LogP contribution >= 0.6 is 0 Å². The number of aromatic hydroxyl groups is 1. The van der Waals surface area contributed by atoms with Gasteiger partial charge in [-0.1, -0.05) is 76.7 Å². The minimum absolute atomic E-state index is 0.0539. The lowest BCUT2D eigenvalue weighted by Gasteiger charge is -2.29. The van der Waals surface area contributed by atoms with E-state index in [4.69, 9.17) is 9.47 Å². The summed E-state index contributed by atoms with van der Waals surface area (Å²) in [5.41, 5.74) is -2.60. The minimum atomic E-state index is -3.06. The molecule has 0 fully saturated rings. The van der Waals surface area contributed by atoms with Crippen molar-refractivity contribution in [2.24, 2.45) is 5.92 Å². The van der Waals surface area contributed by atoms with E-state index in [0.717, 1.165) is 51.0 Å². The Morgan fingerprint density at radius 3 is 2.00 bits per heavy atom. The van der Waals surface area contributed by atoms with Crippen molar-refractivity contribution in [3.63, 3.8) is 0 Å². The van der Waals surface area contributed by atoms with Crippen molar-refractivity contribution in [1.29, 1.82) is 0 Å². The van der Waals surface area contributed by atoms with Gasteiger partial charge in [0.15, 0.2) is 5.60 Å². The Balaban J connectivity index is 2.97. The van der Waals surface area contributed by atoms with Gasteiger partial charge in [0, 0.05) is 25.7 Å². The Hall–Kier alpha value is -4.26. The Labute approximate surface area is 288 Å². The quantitative estimate of drug-likeness (QED) is 0.0357. The molecule has 0 radical (unpaired) electrons. The lowest BCUT2D eigenvalue weighted by molar-refractivity contribution is -0.173. The molecule has 0 unspecified atom stereocenters. The fourth-order valence-corrected chi connectivity index (χ4v) is 5.09. The molecule has 3 atom stereocenters. The number of ketones is 1. The van der Waals surface area contributed by atoms with E-state index >= 15 is 0 Å². The molecule has 1 aromatic rings. The van der Waals surface area contributed by atoms with Gasteiger partial charge in [-0.15, -0.1) is 0 Å². The van der Waals surface area contributed by atoms with Gasteiger partial charge in [0.1, 0.15) is 17.6 Å². The van der Waals surface area contributed by atoms with Gasteiger partial charge in [-0.2, -0.15) is 0 Å². The predicted molar refractivity (Wildman–Crippen MR) is 179 cm³/mol. The van der Waals surface area contributed by atoms with Crippen molar-refractivity contribution in [3.05, 3.63) is 42.0 Å². The van der Waals surface area contributed by atoms with Crippen molar-refractivity contribution in [3.8, 4) is 5.75 Å². The lowest BCUT2D eigenvalue weighted by Crippen LogP contribution is -2.55. The third-order valence-corrected chi connectivity index (χ3v) is 7.90. The van der Waals surface area contributed by atoms with E-state index in [1.54, 1.807) is 6.92 Å². The number of unbranched alkanes of at least 4 members (excludes halogenated alkanes) is 8. The number of hydrogen-bond acceptors (Lipinski definition) is 10. The fourth-order valence-electron chi connectivity index (χ4n) is 5.09. The van der Waals surface area contributed by atoms with Gasteiger partial charge >= 0.3 is 23.9 Å². The number of esters is 2. The molecule has 0 spiro atoms. The molecule has 274 valence electrons. The van der Waals surface area contributed by atoms with Crippen LogP contribution in [0.25, 0.3) is 0 Å². The van der Waals surface area contributed by atoms with E-state index in [9.17, 15) is 49.2 Å². The molecule has 13 heteroatoms. The van der Waals surface area contributed by atoms with Crippen molar-refractivity contribution in [2.75, 3.05) is 6.79 Å². The highest BCUT2D eigenvalue weighted by atomic mass is 16.7. The number of carbonyl (C=O) groups excluding carboxylic acids is 4. The van der Waals surface area contributed by atoms with Crippen molar-refractivity contribution in [2.45, 2.75) is 128 Å². The number of hydrogen-bond donors (Lipinski definition) is 5. The van der Waals surface area contributed by atoms with Gasteiger partial charge in [-0.25, -0.2) is 9.59 Å². The van der Waals surface area contributed by atoms with Crippen LogP contribution < -0.4 is 5.32 Å². The molecular formula is C36H53NO12. The molecule has 5 N–H and O–H groups in total. The van der Waals surface area contributed by atoms with Crippen LogP contribution in [-0.4, -0.2) is 74.4 Å². The highest BCUT2D eigenvalue weighted by Crippen LogP contribution is 2.26. The third kappa shape index (κ3) is 17.6. The first kappa shape index (κ1) is 42.8. The van der Waals surface area contributed by atoms with Gasteiger partial charge in [0.05, 0.1) is 12.3 Å². The number of benzene rings is 1. The van der Waals surface area contributed by atoms with E-state index in [1.165, 1.54) is 36.8 Å². The molecule has 49 heavy (non-hydrogen) atoms. The maximum absolute atomic E-state index is 13.6. The van der Waals surface area contributed by atoms with Crippen molar-refractivity contribution in [1.82, 2.24) is 5.32 Å². The summed E-state index contributed by atoms with van der Waals surface area (Å²) in [6.07, 6.45) is 11.5. The number of aliphatic carboxylic acids is 2. The summed E-state index contributed by atoms with van der Waals surface area (Å²) < 4.78 is 9.88. The number of carbonyl (C=O) groups is 6. The molecule has 1 amide bonds. The maximum Gasteiger partial charge on any atom is 0.337 e. The van der Waals surface area contributed by atoms with Crippen LogP contribution in [-0.2, 0) is 44.7 Å². The fraction of sp³-hybridized carbons (Fsp3) is 0.611. The number of Topliss-reactive ketones (excluding diaryl/α,β-unsaturated/α-hetero) is 1. The van der Waals surface area contributed by atoms with E-state index in [-0.39, 0.29) is 24.4 Å². The van der Waals surface area contributed by atoms with Crippen molar-refractivity contribution < 1.29 is 58.7 Å². The first-order valence-electron chi connectivity index (χ1n) is 17.1. The number of rotatable bonds is 27. The Morgan fingerprint density at radius 2 is 1.43 bits per heavy atom. The molecule has 0 saturated heterocycles. The second kappa shape index (κ2) is 24.0. The topological polar surface area (TPSA) is 214 Å². The number of carboxylic acids is 2. The third-order valence-electron chi connectivity index (χ3n) is 7.90. The molecule has 0 saturated carbocycles. The van der Waals surface area contributed by atoms with Gasteiger partial charge in [0.25, 0.3) is 0 Å². The predicted octanol–water partition coefficient (Wildman–Crippen LogP) is 5.00. The van der Waals surface area contributed by atoms with E-state index < -0.39 is 60.6 Å². The second-order valence-electron chi connectivity index (χ2n) is 12.1. The van der Waals surface area contributed by atoms with E-state index in [0.29, 0.717) is 37.7 Å². The number of nitrogens with one attached hydrogen (secondary N) is 1. The Kier molecular flexibility index (Phi) is 20.9. The maximum atomic E-state index is 13.6. The molecule has 0 bridgehead atoms. The monoisotopic (exact) mass is 691 g/mol. The number of amides is 1. The smallest absolute Gasteiger partial charge is 0.337 e. The van der Waals surface area contributed by atoms with Crippen LogP contribution in [0.2, 0.25) is 0 Å². The molecule has 0 aliphatic carbocycles. The van der Waals surface area contributed by atoms with E-state index in [1.807, 2.05) is 0 Å². The summed E-state index contributed by atoms with van der Waals surface area (Å²) in [5.74, 6) is -8.14. The Bertz CT molecular complexity index is 1230. The van der Waals surface area contributed by atoms with Crippen LogP contribution in [0.4, 0.5) is 0 Å². The number of carboxylic acid groups (broad SMARTS) is 2. The molecule has 1 aromatic carbocycles. The van der Waals surface area contributed by atoms with E-state index in [2.05, 4.69) is 12.2 Å². The summed E-state index contributed by atoms with van der Waals surface area (Å²) in [5, 5.41) is 42.2. The molecule has 0 aromatic heterocycles. The molecular weight excluding hydrogens is 638 g/mol. The zero-order valence-corrected chi connectivity index (χ0v) is 28.7. The summed E-state index contributed by atoms with van der Waals surface area (Å²) in [7, 11) is 0. The summed E-state index contributed by atoms with van der Waals surface area (Å²) in [6, 6.07) is 4.17. The first-order valence-corrected chi connectivity index (χ1v) is 17.1. The number of phenolic OH excluding ortho intramolecular Hbond substituents is 1. The highest BCUT2D eigenvalue weighted by Gasteiger charge is 2.49. The first-order chi connectivity index (χ1) is 23.3. The normalized spacial score (nSPS) is 13.6. The zero-order chi connectivity index (χ0) is 36.7. The number of ether oxygens (including phenoxy) is 2. The van der Waals surface area contributed by atoms with Gasteiger partial charge in [-0.05, 0) is 49.8 Å². The SMILES string of the molecule is CCCCCCCC(=O)CCCCCC/C=C/[C@H](C(=O)N[C@@H](Cc1ccc(O)cc1)C(=O)OCOC(=O)CCC)[C@@](O)(CC(=O)O)C(=O)O. The summed E-state index contributed by atoms with van der Waals surface area (Å²) in [4.78, 5) is 74.0. The molecule has 13 nitrogen and oxygen atoms in total. The molecule has 0 aliphatic heterocycles. The largest absolute Gasteiger partial charge is 0.508 e. The second-order valence-corrected chi connectivity index (χ2v) is 12.1. The van der Waals surface area contributed by atoms with Crippen LogP contribution in [0.3, 0.4) is 0 Å². The van der Waals surface area contributed by atoms with Gasteiger partial charge < -0.3 is 35.2 Å². The number of aliphatic hydroxyl groups is 1. The Morgan fingerprint density at radius 1 is 0.816 bits per heavy atom. The highest BCUT2D eigenvalue weighted by molar-refractivity contribution is 5.94.